The van der Waals surface area contributed by atoms with E-state index in [0.29, 0.717) is 45.3 Å². The molecule has 0 fully saturated rings. The Bertz CT molecular complexity index is 1520. The van der Waals surface area contributed by atoms with E-state index in [4.69, 9.17) is 9.47 Å². The SMILES string of the molecule is CC(C)[C@@H]1C2=C(Oc3cc(O)c4c(c31)OC1=C(C(=O)C(C)(C)C(=O)C1(C)C)[C@@H]4C(C)C)C(C)(C)C(=O)C(C)(C)C2=O. The van der Waals surface area contributed by atoms with Gasteiger partial charge in [-0.25, -0.2) is 0 Å². The highest BCUT2D eigenvalue weighted by molar-refractivity contribution is 6.21. The minimum atomic E-state index is -1.25. The van der Waals surface area contributed by atoms with Crippen LogP contribution in [0, 0.1) is 33.5 Å². The van der Waals surface area contributed by atoms with Crippen molar-refractivity contribution in [2.75, 3.05) is 0 Å². The molecule has 5 rings (SSSR count). The van der Waals surface area contributed by atoms with Crippen molar-refractivity contribution in [3.05, 3.63) is 39.9 Å². The number of phenolic OH excluding ortho intramolecular Hbond substituents is 1. The minimum absolute atomic E-state index is 0.0949. The molecule has 2 atom stereocenters. The van der Waals surface area contributed by atoms with Crippen molar-refractivity contribution in [2.45, 2.75) is 94.9 Å². The van der Waals surface area contributed by atoms with E-state index in [1.807, 2.05) is 27.7 Å². The van der Waals surface area contributed by atoms with Gasteiger partial charge in [0.05, 0.1) is 21.7 Å². The summed E-state index contributed by atoms with van der Waals surface area (Å²) in [6.45, 7) is 21.7. The summed E-state index contributed by atoms with van der Waals surface area (Å²) < 4.78 is 13.1. The molecule has 0 radical (unpaired) electrons. The van der Waals surface area contributed by atoms with Crippen LogP contribution in [0.1, 0.15) is 106 Å². The molecule has 7 nitrogen and oxygen atoms in total. The van der Waals surface area contributed by atoms with E-state index in [-0.39, 0.29) is 40.7 Å². The van der Waals surface area contributed by atoms with Crippen LogP contribution in [-0.4, -0.2) is 28.2 Å². The minimum Gasteiger partial charge on any atom is -0.507 e. The van der Waals surface area contributed by atoms with E-state index in [9.17, 15) is 24.3 Å². The second-order valence-electron chi connectivity index (χ2n) is 15.0. The summed E-state index contributed by atoms with van der Waals surface area (Å²) in [4.78, 5) is 55.2. The molecule has 2 aliphatic carbocycles. The fourth-order valence-electron chi connectivity index (χ4n) is 7.73. The average Bonchev–Trinajstić information content (AvgIpc) is 2.87. The zero-order valence-corrected chi connectivity index (χ0v) is 26.3. The Kier molecular flexibility index (Phi) is 6.01. The lowest BCUT2D eigenvalue weighted by Crippen LogP contribution is -2.53. The molecule has 0 spiro atoms. The van der Waals surface area contributed by atoms with Crippen molar-refractivity contribution in [1.29, 1.82) is 0 Å². The van der Waals surface area contributed by atoms with E-state index >= 15 is 0 Å². The smallest absolute Gasteiger partial charge is 0.175 e. The van der Waals surface area contributed by atoms with Gasteiger partial charge in [0.1, 0.15) is 28.8 Å². The first-order valence-electron chi connectivity index (χ1n) is 14.6. The van der Waals surface area contributed by atoms with Crippen molar-refractivity contribution in [3.8, 4) is 17.2 Å². The normalized spacial score (nSPS) is 27.3. The van der Waals surface area contributed by atoms with Crippen LogP contribution in [0.3, 0.4) is 0 Å². The molecule has 1 aromatic rings. The van der Waals surface area contributed by atoms with E-state index in [1.54, 1.807) is 55.4 Å². The number of hydrogen-bond acceptors (Lipinski definition) is 7. The summed E-state index contributed by atoms with van der Waals surface area (Å²) in [5.41, 5.74) is -2.77. The van der Waals surface area contributed by atoms with Crippen molar-refractivity contribution in [1.82, 2.24) is 0 Å². The third-order valence-electron chi connectivity index (χ3n) is 9.81. The number of allylic oxidation sites excluding steroid dienone is 4. The molecule has 220 valence electrons. The zero-order valence-electron chi connectivity index (χ0n) is 26.3. The summed E-state index contributed by atoms with van der Waals surface area (Å²) in [5.74, 6) is -1.20. The van der Waals surface area contributed by atoms with Crippen LogP contribution in [0.4, 0.5) is 0 Å². The highest BCUT2D eigenvalue weighted by Gasteiger charge is 2.60. The van der Waals surface area contributed by atoms with Crippen molar-refractivity contribution >= 4 is 23.1 Å². The molecule has 0 bridgehead atoms. The molecule has 0 saturated heterocycles. The Hall–Kier alpha value is -3.22. The molecular weight excluding hydrogens is 520 g/mol. The van der Waals surface area contributed by atoms with Crippen molar-refractivity contribution in [3.63, 3.8) is 0 Å². The molecule has 2 heterocycles. The van der Waals surface area contributed by atoms with Crippen LogP contribution in [0.25, 0.3) is 0 Å². The number of hydrogen-bond donors (Lipinski definition) is 1. The van der Waals surface area contributed by atoms with Crippen LogP contribution in [0.5, 0.6) is 17.2 Å². The highest BCUT2D eigenvalue weighted by atomic mass is 16.5. The monoisotopic (exact) mass is 562 g/mol. The fourth-order valence-corrected chi connectivity index (χ4v) is 7.73. The van der Waals surface area contributed by atoms with Gasteiger partial charge in [0.25, 0.3) is 0 Å². The van der Waals surface area contributed by atoms with Crippen LogP contribution < -0.4 is 9.47 Å². The highest BCUT2D eigenvalue weighted by Crippen LogP contribution is 2.63. The summed E-state index contributed by atoms with van der Waals surface area (Å²) in [6.07, 6.45) is 0. The van der Waals surface area contributed by atoms with E-state index < -0.39 is 33.5 Å². The summed E-state index contributed by atoms with van der Waals surface area (Å²) in [7, 11) is 0. The van der Waals surface area contributed by atoms with Gasteiger partial charge >= 0.3 is 0 Å². The van der Waals surface area contributed by atoms with Gasteiger partial charge in [0, 0.05) is 40.2 Å². The molecule has 7 heteroatoms. The lowest BCUT2D eigenvalue weighted by molar-refractivity contribution is -0.146. The largest absolute Gasteiger partial charge is 0.507 e. The van der Waals surface area contributed by atoms with Gasteiger partial charge in [-0.1, -0.05) is 27.7 Å². The Morgan fingerprint density at radius 2 is 1.02 bits per heavy atom. The zero-order chi connectivity index (χ0) is 30.9. The van der Waals surface area contributed by atoms with Gasteiger partial charge in [-0.2, -0.15) is 0 Å². The Morgan fingerprint density at radius 3 is 1.44 bits per heavy atom. The van der Waals surface area contributed by atoms with Gasteiger partial charge in [-0.05, 0) is 67.2 Å². The van der Waals surface area contributed by atoms with Crippen LogP contribution in [0.15, 0.2) is 28.7 Å². The van der Waals surface area contributed by atoms with Gasteiger partial charge in [0.2, 0.25) is 0 Å². The number of rotatable bonds is 2. The lowest BCUT2D eigenvalue weighted by Gasteiger charge is -2.48. The molecule has 0 saturated carbocycles. The summed E-state index contributed by atoms with van der Waals surface area (Å²) in [6, 6.07) is 1.52. The van der Waals surface area contributed by atoms with E-state index in [2.05, 4.69) is 0 Å². The fraction of sp³-hybridized carbons (Fsp3) is 0.588. The van der Waals surface area contributed by atoms with Crippen LogP contribution >= 0.6 is 0 Å². The standard InChI is InChI=1S/C34H42O7/c1-14(2)18-20-16(35)13-17-21(24(20)41-28-22(18)25(36)31(5,6)30(39)34(28,11)12)19(15(3)4)23-26(37)32(7,8)29(38)33(9,10)27(23)40-17/h13-15,18-19,35H,1-12H3/t18-,19+/m1/s1. The molecule has 1 aromatic carbocycles. The number of ether oxygens (including phenoxy) is 2. The molecule has 41 heavy (non-hydrogen) atoms. The van der Waals surface area contributed by atoms with Crippen LogP contribution in [0.2, 0.25) is 0 Å². The molecular formula is C34H42O7. The second-order valence-corrected chi connectivity index (χ2v) is 15.0. The van der Waals surface area contributed by atoms with Crippen molar-refractivity contribution in [2.24, 2.45) is 33.5 Å². The second kappa shape index (κ2) is 8.42. The molecule has 0 unspecified atom stereocenters. The first-order chi connectivity index (χ1) is 18.6. The number of aromatic hydroxyl groups is 1. The predicted octanol–water partition coefficient (Wildman–Crippen LogP) is 6.57. The number of Topliss-reactive ketones (excluding diaryl/α,β-unsaturated/α-hetero) is 4. The number of benzene rings is 1. The average molecular weight is 563 g/mol. The number of phenols is 1. The van der Waals surface area contributed by atoms with Crippen LogP contribution in [-0.2, 0) is 19.2 Å². The third kappa shape index (κ3) is 3.50. The number of carbonyl (C=O) groups excluding carboxylic acids is 4. The number of carbonyl (C=O) groups is 4. The summed E-state index contributed by atoms with van der Waals surface area (Å²) in [5, 5.41) is 11.5. The molecule has 2 aliphatic heterocycles. The first kappa shape index (κ1) is 29.3. The molecule has 0 aromatic heterocycles. The maximum absolute atomic E-state index is 14.1. The molecule has 1 N–H and O–H groups in total. The van der Waals surface area contributed by atoms with Gasteiger partial charge in [-0.3, -0.25) is 19.2 Å². The predicted molar refractivity (Wildman–Crippen MR) is 154 cm³/mol. The van der Waals surface area contributed by atoms with Gasteiger partial charge < -0.3 is 14.6 Å². The lowest BCUT2D eigenvalue weighted by atomic mass is 9.58. The number of ketones is 4. The van der Waals surface area contributed by atoms with E-state index in [0.717, 1.165) is 0 Å². The Balaban J connectivity index is 1.86. The molecule has 0 amide bonds. The molecule has 4 aliphatic rings. The number of fused-ring (bicyclic) bond motifs is 3. The summed E-state index contributed by atoms with van der Waals surface area (Å²) >= 11 is 0. The van der Waals surface area contributed by atoms with Gasteiger partial charge in [0.15, 0.2) is 23.1 Å². The van der Waals surface area contributed by atoms with Crippen molar-refractivity contribution < 1.29 is 33.8 Å². The van der Waals surface area contributed by atoms with Gasteiger partial charge in [-0.15, -0.1) is 0 Å². The Morgan fingerprint density at radius 1 is 0.634 bits per heavy atom. The topological polar surface area (TPSA) is 107 Å². The maximum Gasteiger partial charge on any atom is 0.175 e. The maximum atomic E-state index is 14.1. The third-order valence-corrected chi connectivity index (χ3v) is 9.81. The quantitative estimate of drug-likeness (QED) is 0.406. The Labute approximate surface area is 242 Å². The van der Waals surface area contributed by atoms with E-state index in [1.165, 1.54) is 6.07 Å². The first-order valence-corrected chi connectivity index (χ1v) is 14.6.